The predicted octanol–water partition coefficient (Wildman–Crippen LogP) is 8.13. The van der Waals surface area contributed by atoms with Crippen LogP contribution in [0.3, 0.4) is 0 Å². The summed E-state index contributed by atoms with van der Waals surface area (Å²) < 4.78 is 7.04. The molecule has 3 aromatic carbocycles. The summed E-state index contributed by atoms with van der Waals surface area (Å²) >= 11 is 4.80. The molecule has 0 radical (unpaired) electrons. The second-order valence-electron chi connectivity index (χ2n) is 8.03. The molecule has 0 atom stereocenters. The van der Waals surface area contributed by atoms with E-state index in [0.29, 0.717) is 15.8 Å². The van der Waals surface area contributed by atoms with Crippen LogP contribution in [0.5, 0.6) is 0 Å². The first kappa shape index (κ1) is 22.4. The molecular formula is C28H21BrN2O2S. The smallest absolute Gasteiger partial charge is 0.271 e. The molecule has 0 unspecified atom stereocenters. The van der Waals surface area contributed by atoms with Gasteiger partial charge in [0.25, 0.3) is 5.91 Å². The highest BCUT2D eigenvalue weighted by Crippen LogP contribution is 2.38. The number of aryl methyl sites for hydroxylation is 2. The van der Waals surface area contributed by atoms with Crippen molar-refractivity contribution in [1.29, 1.82) is 0 Å². The maximum absolute atomic E-state index is 13.5. The molecule has 1 aliphatic heterocycles. The monoisotopic (exact) mass is 528 g/mol. The summed E-state index contributed by atoms with van der Waals surface area (Å²) in [6, 6.07) is 27.5. The van der Waals surface area contributed by atoms with Crippen LogP contribution in [-0.4, -0.2) is 11.1 Å². The Kier molecular flexibility index (Phi) is 6.26. The topological polar surface area (TPSA) is 45.8 Å². The molecule has 1 aliphatic rings. The molecule has 0 aliphatic carbocycles. The highest BCUT2D eigenvalue weighted by Gasteiger charge is 2.35. The molecule has 34 heavy (non-hydrogen) atoms. The van der Waals surface area contributed by atoms with Crippen molar-refractivity contribution in [3.05, 3.63) is 111 Å². The van der Waals surface area contributed by atoms with Gasteiger partial charge in [0.1, 0.15) is 11.5 Å². The number of carbonyl (C=O) groups excluding carboxylic acids is 1. The van der Waals surface area contributed by atoms with E-state index in [2.05, 4.69) is 15.9 Å². The quantitative estimate of drug-likeness (QED) is 0.251. The number of hydrogen-bond donors (Lipinski definition) is 0. The largest absolute Gasteiger partial charge is 0.457 e. The van der Waals surface area contributed by atoms with Crippen molar-refractivity contribution in [3.8, 4) is 11.3 Å². The summed E-state index contributed by atoms with van der Waals surface area (Å²) in [5.41, 5.74) is 4.85. The standard InChI is InChI=1S/C28H21BrN2O2S/c1-18-3-11-22(12-4-18)30-28-31(23-13-5-19(2)6-14-23)27(32)26(34-28)17-24-15-16-25(33-24)20-7-9-21(29)10-8-20/h3-17H,1-2H3. The number of aliphatic imine (C=N–C) groups is 1. The number of thioether (sulfide) groups is 1. The van der Waals surface area contributed by atoms with Gasteiger partial charge in [-0.25, -0.2) is 4.99 Å². The van der Waals surface area contributed by atoms with Crippen molar-refractivity contribution in [2.75, 3.05) is 4.90 Å². The van der Waals surface area contributed by atoms with E-state index in [1.165, 1.54) is 11.8 Å². The number of amides is 1. The van der Waals surface area contributed by atoms with Crippen molar-refractivity contribution >= 4 is 56.2 Å². The second-order valence-corrected chi connectivity index (χ2v) is 9.95. The number of rotatable bonds is 4. The summed E-state index contributed by atoms with van der Waals surface area (Å²) in [5, 5.41) is 0.614. The van der Waals surface area contributed by atoms with E-state index in [4.69, 9.17) is 9.41 Å². The fourth-order valence-corrected chi connectivity index (χ4v) is 4.77. The van der Waals surface area contributed by atoms with Gasteiger partial charge in [-0.2, -0.15) is 0 Å². The lowest BCUT2D eigenvalue weighted by molar-refractivity contribution is -0.113. The highest BCUT2D eigenvalue weighted by molar-refractivity contribution is 9.10. The molecular weight excluding hydrogens is 508 g/mol. The molecule has 0 spiro atoms. The SMILES string of the molecule is Cc1ccc(N=C2SC(=Cc3ccc(-c4ccc(Br)cc4)o3)C(=O)N2c2ccc(C)cc2)cc1. The molecule has 4 aromatic rings. The van der Waals surface area contributed by atoms with Gasteiger partial charge < -0.3 is 4.42 Å². The van der Waals surface area contributed by atoms with Crippen LogP contribution in [0.2, 0.25) is 0 Å². The van der Waals surface area contributed by atoms with Gasteiger partial charge in [-0.3, -0.25) is 9.69 Å². The highest BCUT2D eigenvalue weighted by atomic mass is 79.9. The number of amidine groups is 1. The van der Waals surface area contributed by atoms with Crippen LogP contribution >= 0.6 is 27.7 Å². The number of halogens is 1. The first-order chi connectivity index (χ1) is 16.5. The molecule has 0 N–H and O–H groups in total. The van der Waals surface area contributed by atoms with Crippen molar-refractivity contribution in [2.45, 2.75) is 13.8 Å². The van der Waals surface area contributed by atoms with Crippen molar-refractivity contribution < 1.29 is 9.21 Å². The van der Waals surface area contributed by atoms with Crippen LogP contribution in [0.4, 0.5) is 11.4 Å². The number of furan rings is 1. The normalized spacial score (nSPS) is 16.1. The summed E-state index contributed by atoms with van der Waals surface area (Å²) in [5.74, 6) is 1.24. The lowest BCUT2D eigenvalue weighted by Crippen LogP contribution is -2.28. The van der Waals surface area contributed by atoms with E-state index >= 15 is 0 Å². The Bertz CT molecular complexity index is 1400. The Balaban J connectivity index is 1.50. The fourth-order valence-electron chi connectivity index (χ4n) is 3.53. The van der Waals surface area contributed by atoms with Gasteiger partial charge in [0.05, 0.1) is 16.3 Å². The van der Waals surface area contributed by atoms with E-state index in [-0.39, 0.29) is 5.91 Å². The fraction of sp³-hybridized carbons (Fsp3) is 0.0714. The summed E-state index contributed by atoms with van der Waals surface area (Å²) in [6.45, 7) is 4.06. The molecule has 1 saturated heterocycles. The van der Waals surface area contributed by atoms with Gasteiger partial charge in [0, 0.05) is 16.1 Å². The van der Waals surface area contributed by atoms with Gasteiger partial charge in [-0.05, 0) is 74.1 Å². The van der Waals surface area contributed by atoms with Gasteiger partial charge in [0.2, 0.25) is 0 Å². The molecule has 0 bridgehead atoms. The number of benzene rings is 3. The number of nitrogens with zero attached hydrogens (tertiary/aromatic N) is 2. The van der Waals surface area contributed by atoms with Crippen LogP contribution < -0.4 is 4.90 Å². The first-order valence-corrected chi connectivity index (χ1v) is 12.4. The predicted molar refractivity (Wildman–Crippen MR) is 144 cm³/mol. The van der Waals surface area contributed by atoms with E-state index < -0.39 is 0 Å². The zero-order valence-electron chi connectivity index (χ0n) is 18.7. The molecule has 1 amide bonds. The molecule has 2 heterocycles. The second kappa shape index (κ2) is 9.49. The van der Waals surface area contributed by atoms with E-state index in [9.17, 15) is 4.79 Å². The first-order valence-electron chi connectivity index (χ1n) is 10.8. The third-order valence-corrected chi connectivity index (χ3v) is 6.88. The number of hydrogen-bond acceptors (Lipinski definition) is 4. The van der Waals surface area contributed by atoms with Gasteiger partial charge >= 0.3 is 0 Å². The van der Waals surface area contributed by atoms with Crippen LogP contribution in [0.1, 0.15) is 16.9 Å². The lowest BCUT2D eigenvalue weighted by atomic mass is 10.2. The molecule has 1 aromatic heterocycles. The number of anilines is 1. The maximum atomic E-state index is 13.5. The third kappa shape index (κ3) is 4.79. The molecule has 5 rings (SSSR count). The minimum atomic E-state index is -0.124. The van der Waals surface area contributed by atoms with Gasteiger partial charge in [-0.1, -0.05) is 63.5 Å². The summed E-state index contributed by atoms with van der Waals surface area (Å²) in [7, 11) is 0. The lowest BCUT2D eigenvalue weighted by Gasteiger charge is -2.16. The zero-order chi connectivity index (χ0) is 23.7. The van der Waals surface area contributed by atoms with Crippen molar-refractivity contribution in [1.82, 2.24) is 0 Å². The Morgan fingerprint density at radius 1 is 0.853 bits per heavy atom. The molecule has 168 valence electrons. The van der Waals surface area contributed by atoms with Crippen molar-refractivity contribution in [2.24, 2.45) is 4.99 Å². The summed E-state index contributed by atoms with van der Waals surface area (Å²) in [6.07, 6.45) is 1.79. The van der Waals surface area contributed by atoms with Crippen LogP contribution in [0.25, 0.3) is 17.4 Å². The number of carbonyl (C=O) groups is 1. The molecule has 4 nitrogen and oxygen atoms in total. The van der Waals surface area contributed by atoms with E-state index in [0.717, 1.165) is 38.3 Å². The molecule has 6 heteroatoms. The zero-order valence-corrected chi connectivity index (χ0v) is 21.1. The average Bonchev–Trinajstić information content (AvgIpc) is 3.41. The summed E-state index contributed by atoms with van der Waals surface area (Å²) in [4.78, 5) is 20.5. The Hall–Kier alpha value is -3.35. The third-order valence-electron chi connectivity index (χ3n) is 5.39. The van der Waals surface area contributed by atoms with Crippen LogP contribution in [-0.2, 0) is 4.79 Å². The molecule has 1 fully saturated rings. The average molecular weight is 529 g/mol. The van der Waals surface area contributed by atoms with E-state index in [1.54, 1.807) is 11.0 Å². The minimum Gasteiger partial charge on any atom is -0.457 e. The minimum absolute atomic E-state index is 0.124. The van der Waals surface area contributed by atoms with Crippen molar-refractivity contribution in [3.63, 3.8) is 0 Å². The van der Waals surface area contributed by atoms with Crippen LogP contribution in [0.15, 0.2) is 104 Å². The van der Waals surface area contributed by atoms with Gasteiger partial charge in [0.15, 0.2) is 5.17 Å². The van der Waals surface area contributed by atoms with E-state index in [1.807, 2.05) is 98.8 Å². The Morgan fingerprint density at radius 2 is 1.50 bits per heavy atom. The van der Waals surface area contributed by atoms with Gasteiger partial charge in [-0.15, -0.1) is 0 Å². The maximum Gasteiger partial charge on any atom is 0.271 e. The van der Waals surface area contributed by atoms with Crippen LogP contribution in [0, 0.1) is 13.8 Å². The molecule has 0 saturated carbocycles. The Labute approximate surface area is 211 Å². The Morgan fingerprint density at radius 3 is 2.18 bits per heavy atom.